The van der Waals surface area contributed by atoms with Crippen LogP contribution in [0.2, 0.25) is 0 Å². The molecule has 8 nitrogen and oxygen atoms in total. The second-order valence-corrected chi connectivity index (χ2v) is 7.48. The van der Waals surface area contributed by atoms with E-state index in [0.29, 0.717) is 30.9 Å². The predicted octanol–water partition coefficient (Wildman–Crippen LogP) is 1.63. The molecule has 0 saturated carbocycles. The number of aromatic nitrogens is 2. The van der Waals surface area contributed by atoms with Gasteiger partial charge in [0.25, 0.3) is 5.91 Å². The van der Waals surface area contributed by atoms with Crippen molar-refractivity contribution >= 4 is 17.6 Å². The predicted molar refractivity (Wildman–Crippen MR) is 106 cm³/mol. The quantitative estimate of drug-likeness (QED) is 0.845. The summed E-state index contributed by atoms with van der Waals surface area (Å²) in [5.41, 5.74) is 5.76. The molecule has 4 rings (SSSR count). The maximum Gasteiger partial charge on any atom is 0.321 e. The van der Waals surface area contributed by atoms with Crippen molar-refractivity contribution in [3.63, 3.8) is 0 Å². The fraction of sp³-hybridized carbons (Fsp3) is 0.450. The molecule has 3 amide bonds. The molecule has 0 spiro atoms. The molecule has 1 fully saturated rings. The van der Waals surface area contributed by atoms with Gasteiger partial charge in [-0.3, -0.25) is 14.4 Å². The van der Waals surface area contributed by atoms with Gasteiger partial charge in [-0.05, 0) is 26.0 Å². The Balaban J connectivity index is 1.35. The standard InChI is InChI=1S/C20H26N6O2/c1-13-17(14(2)24(3)23-13)12-25-7-9-26(10-8-25)20(28)22-18-6-4-5-15-16(18)11-21-19(15)27/h4-6H,7-12H2,1-3H3,(H,21,27)(H,22,28). The van der Waals surface area contributed by atoms with E-state index in [2.05, 4.69) is 27.6 Å². The number of carbonyl (C=O) groups excluding carboxylic acids is 2. The van der Waals surface area contributed by atoms with Crippen LogP contribution in [0.5, 0.6) is 0 Å². The molecule has 0 atom stereocenters. The number of hydrogen-bond acceptors (Lipinski definition) is 4. The first kappa shape index (κ1) is 18.5. The van der Waals surface area contributed by atoms with Gasteiger partial charge in [0.1, 0.15) is 0 Å². The largest absolute Gasteiger partial charge is 0.348 e. The van der Waals surface area contributed by atoms with Crippen LogP contribution in [-0.4, -0.2) is 57.7 Å². The molecule has 1 aromatic carbocycles. The highest BCUT2D eigenvalue weighted by molar-refractivity contribution is 6.01. The Morgan fingerprint density at radius 3 is 2.64 bits per heavy atom. The fourth-order valence-corrected chi connectivity index (χ4v) is 3.94. The summed E-state index contributed by atoms with van der Waals surface area (Å²) in [5, 5.41) is 10.3. The lowest BCUT2D eigenvalue weighted by Gasteiger charge is -2.34. The van der Waals surface area contributed by atoms with Gasteiger partial charge in [0.15, 0.2) is 0 Å². The van der Waals surface area contributed by atoms with Gasteiger partial charge in [0, 0.05) is 74.4 Å². The number of nitrogens with one attached hydrogen (secondary N) is 2. The molecule has 1 saturated heterocycles. The number of benzene rings is 1. The minimum Gasteiger partial charge on any atom is -0.348 e. The smallest absolute Gasteiger partial charge is 0.321 e. The van der Waals surface area contributed by atoms with Gasteiger partial charge in [-0.2, -0.15) is 5.10 Å². The Bertz CT molecular complexity index is 927. The molecule has 0 unspecified atom stereocenters. The van der Waals surface area contributed by atoms with Crippen LogP contribution in [0.15, 0.2) is 18.2 Å². The molecule has 0 aliphatic carbocycles. The molecule has 3 heterocycles. The summed E-state index contributed by atoms with van der Waals surface area (Å²) in [4.78, 5) is 28.7. The van der Waals surface area contributed by atoms with E-state index < -0.39 is 0 Å². The second kappa shape index (κ2) is 7.27. The average Bonchev–Trinajstić information content (AvgIpc) is 3.18. The van der Waals surface area contributed by atoms with E-state index in [1.54, 1.807) is 12.1 Å². The van der Waals surface area contributed by atoms with Crippen LogP contribution in [0.25, 0.3) is 0 Å². The number of fused-ring (bicyclic) bond motifs is 1. The van der Waals surface area contributed by atoms with Crippen molar-refractivity contribution < 1.29 is 9.59 Å². The minimum absolute atomic E-state index is 0.0827. The average molecular weight is 382 g/mol. The first-order chi connectivity index (χ1) is 13.4. The van der Waals surface area contributed by atoms with Crippen LogP contribution < -0.4 is 10.6 Å². The number of nitrogens with zero attached hydrogens (tertiary/aromatic N) is 4. The third-order valence-electron chi connectivity index (χ3n) is 5.79. The van der Waals surface area contributed by atoms with Crippen LogP contribution in [-0.2, 0) is 20.1 Å². The summed E-state index contributed by atoms with van der Waals surface area (Å²) in [5.74, 6) is -0.0827. The molecule has 0 bridgehead atoms. The lowest BCUT2D eigenvalue weighted by Crippen LogP contribution is -2.49. The van der Waals surface area contributed by atoms with E-state index in [4.69, 9.17) is 0 Å². The number of urea groups is 1. The molecule has 28 heavy (non-hydrogen) atoms. The van der Waals surface area contributed by atoms with Gasteiger partial charge in [-0.25, -0.2) is 4.79 Å². The summed E-state index contributed by atoms with van der Waals surface area (Å²) in [7, 11) is 1.97. The Morgan fingerprint density at radius 2 is 1.96 bits per heavy atom. The molecule has 2 N–H and O–H groups in total. The van der Waals surface area contributed by atoms with Crippen molar-refractivity contribution in [3.05, 3.63) is 46.3 Å². The molecule has 2 aliphatic rings. The Hall–Kier alpha value is -2.87. The summed E-state index contributed by atoms with van der Waals surface area (Å²) >= 11 is 0. The first-order valence-corrected chi connectivity index (χ1v) is 9.61. The Labute approximate surface area is 164 Å². The zero-order valence-electron chi connectivity index (χ0n) is 16.6. The van der Waals surface area contributed by atoms with Crippen molar-refractivity contribution in [3.8, 4) is 0 Å². The van der Waals surface area contributed by atoms with Crippen molar-refractivity contribution in [2.45, 2.75) is 26.9 Å². The SMILES string of the molecule is Cc1nn(C)c(C)c1CN1CCN(C(=O)Nc2cccc3c2CNC3=O)CC1. The van der Waals surface area contributed by atoms with E-state index in [1.165, 1.54) is 11.3 Å². The van der Waals surface area contributed by atoms with Gasteiger partial charge in [0.2, 0.25) is 0 Å². The summed E-state index contributed by atoms with van der Waals surface area (Å²) in [6.45, 7) is 8.47. The zero-order valence-corrected chi connectivity index (χ0v) is 16.6. The highest BCUT2D eigenvalue weighted by Gasteiger charge is 2.25. The zero-order chi connectivity index (χ0) is 19.8. The van der Waals surface area contributed by atoms with E-state index in [1.807, 2.05) is 29.6 Å². The van der Waals surface area contributed by atoms with Gasteiger partial charge < -0.3 is 15.5 Å². The summed E-state index contributed by atoms with van der Waals surface area (Å²) in [6, 6.07) is 5.33. The molecule has 1 aromatic heterocycles. The van der Waals surface area contributed by atoms with Gasteiger partial charge in [0.05, 0.1) is 5.69 Å². The number of anilines is 1. The molecule has 148 valence electrons. The van der Waals surface area contributed by atoms with E-state index in [9.17, 15) is 9.59 Å². The van der Waals surface area contributed by atoms with E-state index in [0.717, 1.165) is 30.9 Å². The van der Waals surface area contributed by atoms with Gasteiger partial charge in [-0.1, -0.05) is 6.07 Å². The lowest BCUT2D eigenvalue weighted by atomic mass is 10.1. The third kappa shape index (κ3) is 3.35. The van der Waals surface area contributed by atoms with Crippen LogP contribution >= 0.6 is 0 Å². The Kier molecular flexibility index (Phi) is 4.80. The number of hydrogen-bond donors (Lipinski definition) is 2. The molecule has 0 radical (unpaired) electrons. The normalized spacial score (nSPS) is 16.8. The maximum atomic E-state index is 12.7. The monoisotopic (exact) mass is 382 g/mol. The lowest BCUT2D eigenvalue weighted by molar-refractivity contribution is 0.0965. The van der Waals surface area contributed by atoms with Crippen molar-refractivity contribution in [2.75, 3.05) is 31.5 Å². The summed E-state index contributed by atoms with van der Waals surface area (Å²) < 4.78 is 1.92. The highest BCUT2D eigenvalue weighted by Crippen LogP contribution is 2.24. The van der Waals surface area contributed by atoms with Crippen LogP contribution in [0.3, 0.4) is 0 Å². The summed E-state index contributed by atoms with van der Waals surface area (Å²) in [6.07, 6.45) is 0. The van der Waals surface area contributed by atoms with Crippen LogP contribution in [0, 0.1) is 13.8 Å². The number of piperazine rings is 1. The molecule has 8 heteroatoms. The molecule has 2 aromatic rings. The van der Waals surface area contributed by atoms with Crippen molar-refractivity contribution in [1.82, 2.24) is 24.9 Å². The highest BCUT2D eigenvalue weighted by atomic mass is 16.2. The second-order valence-electron chi connectivity index (χ2n) is 7.48. The number of rotatable bonds is 3. The van der Waals surface area contributed by atoms with Crippen LogP contribution in [0.4, 0.5) is 10.5 Å². The molecule has 2 aliphatic heterocycles. The number of amides is 3. The first-order valence-electron chi connectivity index (χ1n) is 9.61. The van der Waals surface area contributed by atoms with Crippen molar-refractivity contribution in [1.29, 1.82) is 0 Å². The minimum atomic E-state index is -0.110. The number of aryl methyl sites for hydroxylation is 2. The third-order valence-corrected chi connectivity index (χ3v) is 5.79. The molecular weight excluding hydrogens is 356 g/mol. The van der Waals surface area contributed by atoms with E-state index in [-0.39, 0.29) is 11.9 Å². The van der Waals surface area contributed by atoms with Crippen molar-refractivity contribution in [2.24, 2.45) is 7.05 Å². The van der Waals surface area contributed by atoms with E-state index >= 15 is 0 Å². The van der Waals surface area contributed by atoms with Crippen LogP contribution in [0.1, 0.15) is 32.9 Å². The van der Waals surface area contributed by atoms with Gasteiger partial charge >= 0.3 is 6.03 Å². The van der Waals surface area contributed by atoms with Gasteiger partial charge in [-0.15, -0.1) is 0 Å². The maximum absolute atomic E-state index is 12.7. The molecular formula is C20H26N6O2. The fourth-order valence-electron chi connectivity index (χ4n) is 3.94. The number of carbonyl (C=O) groups is 2. The topological polar surface area (TPSA) is 82.5 Å². The Morgan fingerprint density at radius 1 is 1.21 bits per heavy atom.